The topological polar surface area (TPSA) is 66.8 Å². The molecule has 1 amide bonds. The van der Waals surface area contributed by atoms with Crippen LogP contribution in [0.3, 0.4) is 0 Å². The van der Waals surface area contributed by atoms with Gasteiger partial charge in [-0.1, -0.05) is 19.1 Å². The quantitative estimate of drug-likeness (QED) is 0.764. The maximum Gasteiger partial charge on any atom is 0.257 e. The Balaban J connectivity index is 1.55. The molecule has 1 aliphatic heterocycles. The summed E-state index contributed by atoms with van der Waals surface area (Å²) in [4.78, 5) is 23.4. The lowest BCUT2D eigenvalue weighted by Gasteiger charge is -2.31. The number of benzene rings is 1. The predicted octanol–water partition coefficient (Wildman–Crippen LogP) is 3.81. The number of para-hydroxylation sites is 1. The SMILES string of the molecule is CCCn1ncc(C(=O)N2CCCC(c3nc4c(C)cccc4[nH]3)C2)c1C. The van der Waals surface area contributed by atoms with Crippen LogP contribution in [0.2, 0.25) is 0 Å². The standard InChI is InChI=1S/C21H27N5O/c1-4-10-26-15(3)17(12-22-26)21(27)25-11-6-8-16(13-25)20-23-18-9-5-7-14(2)19(18)24-20/h5,7,9,12,16H,4,6,8,10-11,13H2,1-3H3,(H,23,24). The first-order chi connectivity index (χ1) is 13.1. The van der Waals surface area contributed by atoms with Crippen LogP contribution in [0, 0.1) is 13.8 Å². The van der Waals surface area contributed by atoms with Crippen LogP contribution < -0.4 is 0 Å². The summed E-state index contributed by atoms with van der Waals surface area (Å²) in [6.45, 7) is 8.54. The number of likely N-dealkylation sites (tertiary alicyclic amines) is 1. The number of fused-ring (bicyclic) bond motifs is 1. The molecular formula is C21H27N5O. The van der Waals surface area contributed by atoms with Crippen LogP contribution in [0.25, 0.3) is 11.0 Å². The molecule has 3 aromatic rings. The number of hydrogen-bond acceptors (Lipinski definition) is 3. The minimum absolute atomic E-state index is 0.0897. The Morgan fingerprint density at radius 2 is 2.19 bits per heavy atom. The minimum atomic E-state index is 0.0897. The highest BCUT2D eigenvalue weighted by Gasteiger charge is 2.29. The van der Waals surface area contributed by atoms with E-state index in [4.69, 9.17) is 4.98 Å². The molecule has 1 atom stereocenters. The Morgan fingerprint density at radius 3 is 2.96 bits per heavy atom. The molecule has 1 unspecified atom stereocenters. The highest BCUT2D eigenvalue weighted by atomic mass is 16.2. The molecule has 142 valence electrons. The zero-order chi connectivity index (χ0) is 19.0. The molecular weight excluding hydrogens is 338 g/mol. The molecule has 1 N–H and O–H groups in total. The molecule has 27 heavy (non-hydrogen) atoms. The zero-order valence-corrected chi connectivity index (χ0v) is 16.3. The van der Waals surface area contributed by atoms with Crippen molar-refractivity contribution in [3.05, 3.63) is 47.0 Å². The van der Waals surface area contributed by atoms with E-state index in [1.54, 1.807) is 6.20 Å². The van der Waals surface area contributed by atoms with E-state index >= 15 is 0 Å². The Bertz CT molecular complexity index is 970. The van der Waals surface area contributed by atoms with Gasteiger partial charge in [0.2, 0.25) is 0 Å². The fourth-order valence-corrected chi connectivity index (χ4v) is 4.04. The summed E-state index contributed by atoms with van der Waals surface area (Å²) >= 11 is 0. The molecule has 6 nitrogen and oxygen atoms in total. The van der Waals surface area contributed by atoms with Crippen molar-refractivity contribution < 1.29 is 4.79 Å². The van der Waals surface area contributed by atoms with Gasteiger partial charge in [-0.2, -0.15) is 5.10 Å². The van der Waals surface area contributed by atoms with E-state index in [-0.39, 0.29) is 11.8 Å². The van der Waals surface area contributed by atoms with E-state index in [0.717, 1.165) is 60.5 Å². The largest absolute Gasteiger partial charge is 0.342 e. The fourth-order valence-electron chi connectivity index (χ4n) is 4.04. The smallest absolute Gasteiger partial charge is 0.257 e. The van der Waals surface area contributed by atoms with Gasteiger partial charge in [-0.05, 0) is 44.7 Å². The molecule has 0 spiro atoms. The van der Waals surface area contributed by atoms with Crippen molar-refractivity contribution in [1.82, 2.24) is 24.6 Å². The van der Waals surface area contributed by atoms with Crippen LogP contribution >= 0.6 is 0 Å². The molecule has 3 heterocycles. The van der Waals surface area contributed by atoms with Crippen molar-refractivity contribution in [2.75, 3.05) is 13.1 Å². The van der Waals surface area contributed by atoms with Gasteiger partial charge in [0.25, 0.3) is 5.91 Å². The summed E-state index contributed by atoms with van der Waals surface area (Å²) < 4.78 is 1.93. The second-order valence-electron chi connectivity index (χ2n) is 7.55. The Labute approximate surface area is 159 Å². The number of nitrogens with one attached hydrogen (secondary N) is 1. The first-order valence-electron chi connectivity index (χ1n) is 9.85. The van der Waals surface area contributed by atoms with Crippen LogP contribution in [0.4, 0.5) is 0 Å². The summed E-state index contributed by atoms with van der Waals surface area (Å²) in [5.41, 5.74) is 4.98. The lowest BCUT2D eigenvalue weighted by molar-refractivity contribution is 0.0704. The molecule has 0 bridgehead atoms. The lowest BCUT2D eigenvalue weighted by Crippen LogP contribution is -2.39. The van der Waals surface area contributed by atoms with Crippen LogP contribution in [0.1, 0.15) is 59.5 Å². The second kappa shape index (κ2) is 7.18. The van der Waals surface area contributed by atoms with E-state index in [2.05, 4.69) is 36.1 Å². The number of amides is 1. The zero-order valence-electron chi connectivity index (χ0n) is 16.3. The number of piperidine rings is 1. The maximum atomic E-state index is 13.1. The average Bonchev–Trinajstić information content (AvgIpc) is 3.27. The summed E-state index contributed by atoms with van der Waals surface area (Å²) in [7, 11) is 0. The van der Waals surface area contributed by atoms with Gasteiger partial charge in [0.05, 0.1) is 22.8 Å². The first-order valence-corrected chi connectivity index (χ1v) is 9.85. The number of aryl methyl sites for hydroxylation is 2. The number of rotatable bonds is 4. The molecule has 1 fully saturated rings. The van der Waals surface area contributed by atoms with Gasteiger partial charge < -0.3 is 9.88 Å². The summed E-state index contributed by atoms with van der Waals surface area (Å²) in [6, 6.07) is 6.20. The third-order valence-corrected chi connectivity index (χ3v) is 5.60. The van der Waals surface area contributed by atoms with Crippen LogP contribution in [0.15, 0.2) is 24.4 Å². The number of H-pyrrole nitrogens is 1. The van der Waals surface area contributed by atoms with Gasteiger partial charge in [0.15, 0.2) is 0 Å². The fraction of sp³-hybridized carbons (Fsp3) is 0.476. The molecule has 0 saturated carbocycles. The van der Waals surface area contributed by atoms with Crippen molar-refractivity contribution >= 4 is 16.9 Å². The Kier molecular flexibility index (Phi) is 4.72. The van der Waals surface area contributed by atoms with Crippen LogP contribution in [0.5, 0.6) is 0 Å². The lowest BCUT2D eigenvalue weighted by atomic mass is 9.96. The first kappa shape index (κ1) is 17.8. The average molecular weight is 365 g/mol. The predicted molar refractivity (Wildman–Crippen MR) is 106 cm³/mol. The molecule has 6 heteroatoms. The van der Waals surface area contributed by atoms with Gasteiger partial charge in [-0.25, -0.2) is 4.98 Å². The summed E-state index contributed by atoms with van der Waals surface area (Å²) in [6.07, 6.45) is 4.78. The van der Waals surface area contributed by atoms with E-state index < -0.39 is 0 Å². The van der Waals surface area contributed by atoms with Gasteiger partial charge in [0.1, 0.15) is 5.82 Å². The molecule has 1 aliphatic rings. The highest BCUT2D eigenvalue weighted by Crippen LogP contribution is 2.28. The number of aromatic nitrogens is 4. The molecule has 0 aliphatic carbocycles. The Morgan fingerprint density at radius 1 is 1.33 bits per heavy atom. The molecule has 2 aromatic heterocycles. The summed E-state index contributed by atoms with van der Waals surface area (Å²) in [5.74, 6) is 1.34. The number of nitrogens with zero attached hydrogens (tertiary/aromatic N) is 4. The highest BCUT2D eigenvalue weighted by molar-refractivity contribution is 5.95. The monoisotopic (exact) mass is 365 g/mol. The molecule has 0 radical (unpaired) electrons. The number of imidazole rings is 1. The van der Waals surface area contributed by atoms with Crippen LogP contribution in [-0.4, -0.2) is 43.6 Å². The van der Waals surface area contributed by atoms with Gasteiger partial charge in [-0.3, -0.25) is 9.48 Å². The number of carbonyl (C=O) groups excluding carboxylic acids is 1. The van der Waals surface area contributed by atoms with Crippen molar-refractivity contribution in [2.24, 2.45) is 0 Å². The third kappa shape index (κ3) is 3.24. The van der Waals surface area contributed by atoms with E-state index in [9.17, 15) is 4.79 Å². The van der Waals surface area contributed by atoms with Gasteiger partial charge >= 0.3 is 0 Å². The third-order valence-electron chi connectivity index (χ3n) is 5.60. The molecule has 1 saturated heterocycles. The normalized spacial score (nSPS) is 17.6. The summed E-state index contributed by atoms with van der Waals surface area (Å²) in [5, 5.41) is 4.39. The minimum Gasteiger partial charge on any atom is -0.342 e. The van der Waals surface area contributed by atoms with E-state index in [0.29, 0.717) is 6.54 Å². The number of carbonyl (C=O) groups is 1. The number of aromatic amines is 1. The van der Waals surface area contributed by atoms with Gasteiger partial charge in [-0.15, -0.1) is 0 Å². The second-order valence-corrected chi connectivity index (χ2v) is 7.55. The van der Waals surface area contributed by atoms with Crippen molar-refractivity contribution in [3.63, 3.8) is 0 Å². The Hall–Kier alpha value is -2.63. The molecule has 4 rings (SSSR count). The molecule has 1 aromatic carbocycles. The van der Waals surface area contributed by atoms with E-state index in [1.807, 2.05) is 22.6 Å². The number of hydrogen-bond donors (Lipinski definition) is 1. The van der Waals surface area contributed by atoms with Crippen molar-refractivity contribution in [2.45, 2.75) is 52.5 Å². The van der Waals surface area contributed by atoms with E-state index in [1.165, 1.54) is 5.56 Å². The van der Waals surface area contributed by atoms with Crippen molar-refractivity contribution in [3.8, 4) is 0 Å². The maximum absolute atomic E-state index is 13.1. The van der Waals surface area contributed by atoms with Crippen molar-refractivity contribution in [1.29, 1.82) is 0 Å². The van der Waals surface area contributed by atoms with Gasteiger partial charge in [0, 0.05) is 31.2 Å². The van der Waals surface area contributed by atoms with Crippen LogP contribution in [-0.2, 0) is 6.54 Å².